The van der Waals surface area contributed by atoms with E-state index in [1.165, 1.54) is 20.3 Å². The molecule has 0 unspecified atom stereocenters. The number of carboxylic acid groups (broad SMARTS) is 1. The maximum atomic E-state index is 14.8. The highest BCUT2D eigenvalue weighted by Gasteiger charge is 2.27. The summed E-state index contributed by atoms with van der Waals surface area (Å²) in [6, 6.07) is 12.9. The molecule has 2 N–H and O–H groups in total. The minimum Gasteiger partial charge on any atom is -0.497 e. The van der Waals surface area contributed by atoms with Crippen molar-refractivity contribution >= 4 is 16.9 Å². The third-order valence-corrected chi connectivity index (χ3v) is 6.41. The first-order valence-electron chi connectivity index (χ1n) is 11.9. The summed E-state index contributed by atoms with van der Waals surface area (Å²) in [6.45, 7) is -0.0548. The molecule has 4 aromatic rings. The SMILES string of the molecule is COc1ccc2c(=O)n(CC[C@H](C(=O)O)[C@H](O)CCc3ccc(-c4ccc(OC)nc4)cc3F)nnc2c1. The monoisotopic (exact) mass is 522 g/mol. The van der Waals surface area contributed by atoms with Crippen LogP contribution in [0.1, 0.15) is 18.4 Å². The molecule has 0 saturated carbocycles. The molecule has 11 heteroatoms. The van der Waals surface area contributed by atoms with Crippen LogP contribution in [-0.2, 0) is 17.8 Å². The van der Waals surface area contributed by atoms with Gasteiger partial charge in [-0.15, -0.1) is 5.10 Å². The molecule has 0 saturated heterocycles. The molecule has 38 heavy (non-hydrogen) atoms. The van der Waals surface area contributed by atoms with Crippen molar-refractivity contribution in [2.24, 2.45) is 5.92 Å². The van der Waals surface area contributed by atoms with Crippen LogP contribution in [0.2, 0.25) is 0 Å². The number of aryl methyl sites for hydroxylation is 2. The van der Waals surface area contributed by atoms with E-state index in [9.17, 15) is 24.2 Å². The Kier molecular flexibility index (Phi) is 8.27. The molecule has 4 rings (SSSR count). The van der Waals surface area contributed by atoms with E-state index in [2.05, 4.69) is 15.3 Å². The maximum absolute atomic E-state index is 14.8. The van der Waals surface area contributed by atoms with E-state index in [4.69, 9.17) is 9.47 Å². The van der Waals surface area contributed by atoms with Gasteiger partial charge in [-0.25, -0.2) is 14.1 Å². The highest BCUT2D eigenvalue weighted by molar-refractivity contribution is 5.78. The number of hydrogen-bond acceptors (Lipinski definition) is 8. The van der Waals surface area contributed by atoms with E-state index in [0.717, 1.165) is 4.68 Å². The predicted octanol–water partition coefficient (Wildman–Crippen LogP) is 3.09. The number of aromatic nitrogens is 4. The molecule has 0 fully saturated rings. The van der Waals surface area contributed by atoms with Gasteiger partial charge < -0.3 is 19.7 Å². The molecule has 0 bridgehead atoms. The summed E-state index contributed by atoms with van der Waals surface area (Å²) in [4.78, 5) is 28.7. The van der Waals surface area contributed by atoms with Gasteiger partial charge in [0.15, 0.2) is 0 Å². The van der Waals surface area contributed by atoms with Crippen molar-refractivity contribution < 1.29 is 28.9 Å². The smallest absolute Gasteiger partial charge is 0.309 e. The highest BCUT2D eigenvalue weighted by atomic mass is 19.1. The summed E-state index contributed by atoms with van der Waals surface area (Å²) in [6.07, 6.45) is 0.422. The molecule has 10 nitrogen and oxygen atoms in total. The number of fused-ring (bicyclic) bond motifs is 1. The van der Waals surface area contributed by atoms with Crippen molar-refractivity contribution in [2.45, 2.75) is 31.9 Å². The largest absolute Gasteiger partial charge is 0.497 e. The molecule has 198 valence electrons. The van der Waals surface area contributed by atoms with Crippen LogP contribution in [0.25, 0.3) is 22.0 Å². The van der Waals surface area contributed by atoms with Gasteiger partial charge in [-0.1, -0.05) is 17.3 Å². The molecule has 2 aromatic heterocycles. The Balaban J connectivity index is 1.40. The van der Waals surface area contributed by atoms with E-state index in [1.54, 1.807) is 48.7 Å². The first-order valence-corrected chi connectivity index (χ1v) is 11.9. The summed E-state index contributed by atoms with van der Waals surface area (Å²) in [5.41, 5.74) is 1.63. The summed E-state index contributed by atoms with van der Waals surface area (Å²) in [5.74, 6) is -1.88. The standard InChI is InChI=1S/C27H27FN4O6/c1-37-19-7-8-20-23(14-19)30-31-32(26(20)34)12-11-21(27(35)36)24(33)9-5-16-3-4-17(13-22(16)28)18-6-10-25(38-2)29-15-18/h3-4,6-8,10,13-15,21,24,33H,5,9,11-12H2,1-2H3,(H,35,36)/t21-,24+/m0/s1. The van der Waals surface area contributed by atoms with Gasteiger partial charge in [0.1, 0.15) is 17.1 Å². The van der Waals surface area contributed by atoms with E-state index in [-0.39, 0.29) is 25.8 Å². The Hall–Kier alpha value is -4.38. The number of ether oxygens (including phenoxy) is 2. The van der Waals surface area contributed by atoms with Crippen LogP contribution in [0, 0.1) is 11.7 Å². The second-order valence-electron chi connectivity index (χ2n) is 8.74. The second-order valence-corrected chi connectivity index (χ2v) is 8.74. The topological polar surface area (TPSA) is 137 Å². The molecular formula is C27H27FN4O6. The lowest BCUT2D eigenvalue weighted by Crippen LogP contribution is -2.32. The van der Waals surface area contributed by atoms with Crippen molar-refractivity contribution in [3.63, 3.8) is 0 Å². The molecule has 2 atom stereocenters. The zero-order chi connectivity index (χ0) is 27.2. The molecular weight excluding hydrogens is 495 g/mol. The van der Waals surface area contributed by atoms with E-state index >= 15 is 0 Å². The average molecular weight is 523 g/mol. The van der Waals surface area contributed by atoms with Gasteiger partial charge in [0.2, 0.25) is 5.88 Å². The van der Waals surface area contributed by atoms with Crippen LogP contribution >= 0.6 is 0 Å². The number of pyridine rings is 1. The van der Waals surface area contributed by atoms with Crippen LogP contribution in [-0.4, -0.2) is 56.5 Å². The van der Waals surface area contributed by atoms with Crippen LogP contribution in [0.15, 0.2) is 59.5 Å². The van der Waals surface area contributed by atoms with Crippen molar-refractivity contribution in [3.8, 4) is 22.8 Å². The van der Waals surface area contributed by atoms with Crippen LogP contribution in [0.3, 0.4) is 0 Å². The lowest BCUT2D eigenvalue weighted by atomic mass is 9.93. The number of benzene rings is 2. The lowest BCUT2D eigenvalue weighted by molar-refractivity contribution is -0.146. The van der Waals surface area contributed by atoms with Crippen LogP contribution in [0.5, 0.6) is 11.6 Å². The minimum absolute atomic E-state index is 0.0232. The number of aliphatic carboxylic acids is 1. The third kappa shape index (κ3) is 5.94. The van der Waals surface area contributed by atoms with Crippen molar-refractivity contribution in [3.05, 3.63) is 76.5 Å². The van der Waals surface area contributed by atoms with Crippen molar-refractivity contribution in [1.82, 2.24) is 20.0 Å². The zero-order valence-electron chi connectivity index (χ0n) is 20.9. The first-order chi connectivity index (χ1) is 18.3. The summed E-state index contributed by atoms with van der Waals surface area (Å²) in [5, 5.41) is 28.5. The fraction of sp³-hybridized carbons (Fsp3) is 0.296. The number of carbonyl (C=O) groups is 1. The number of halogens is 1. The third-order valence-electron chi connectivity index (χ3n) is 6.41. The van der Waals surface area contributed by atoms with Crippen LogP contribution in [0.4, 0.5) is 4.39 Å². The maximum Gasteiger partial charge on any atom is 0.309 e. The van der Waals surface area contributed by atoms with Gasteiger partial charge in [-0.3, -0.25) is 9.59 Å². The Labute approximate surface area is 217 Å². The molecule has 2 heterocycles. The number of aliphatic hydroxyl groups is 1. The van der Waals surface area contributed by atoms with Gasteiger partial charge in [-0.05, 0) is 54.7 Å². The molecule has 0 aliphatic heterocycles. The van der Waals surface area contributed by atoms with E-state index in [0.29, 0.717) is 39.2 Å². The normalized spacial score (nSPS) is 12.7. The number of carboxylic acids is 1. The lowest BCUT2D eigenvalue weighted by Gasteiger charge is -2.19. The van der Waals surface area contributed by atoms with E-state index < -0.39 is 29.4 Å². The summed E-state index contributed by atoms with van der Waals surface area (Å²) in [7, 11) is 3.01. The Morgan fingerprint density at radius 3 is 2.50 bits per heavy atom. The minimum atomic E-state index is -1.26. The average Bonchev–Trinajstić information content (AvgIpc) is 2.93. The fourth-order valence-electron chi connectivity index (χ4n) is 4.18. The molecule has 2 aromatic carbocycles. The van der Waals surface area contributed by atoms with E-state index in [1.807, 2.05) is 0 Å². The van der Waals surface area contributed by atoms with Gasteiger partial charge in [-0.2, -0.15) is 0 Å². The fourth-order valence-corrected chi connectivity index (χ4v) is 4.18. The predicted molar refractivity (Wildman–Crippen MR) is 137 cm³/mol. The molecule has 0 spiro atoms. The number of aliphatic hydroxyl groups excluding tert-OH is 1. The van der Waals surface area contributed by atoms with Gasteiger partial charge >= 0.3 is 5.97 Å². The Morgan fingerprint density at radius 1 is 1.05 bits per heavy atom. The van der Waals surface area contributed by atoms with Gasteiger partial charge in [0.25, 0.3) is 5.56 Å². The number of methoxy groups -OCH3 is 2. The number of hydrogen-bond donors (Lipinski definition) is 2. The van der Waals surface area contributed by atoms with Crippen molar-refractivity contribution in [1.29, 1.82) is 0 Å². The molecule has 0 aliphatic rings. The summed E-state index contributed by atoms with van der Waals surface area (Å²) < 4.78 is 26.0. The van der Waals surface area contributed by atoms with Crippen LogP contribution < -0.4 is 15.0 Å². The Morgan fingerprint density at radius 2 is 1.84 bits per heavy atom. The number of nitrogens with zero attached hydrogens (tertiary/aromatic N) is 4. The van der Waals surface area contributed by atoms with Gasteiger partial charge in [0.05, 0.1) is 31.6 Å². The molecule has 0 aliphatic carbocycles. The number of rotatable bonds is 11. The first kappa shape index (κ1) is 26.7. The quantitative estimate of drug-likeness (QED) is 0.304. The molecule has 0 amide bonds. The Bertz CT molecular complexity index is 1490. The zero-order valence-corrected chi connectivity index (χ0v) is 20.9. The van der Waals surface area contributed by atoms with Crippen molar-refractivity contribution in [2.75, 3.05) is 14.2 Å². The second kappa shape index (κ2) is 11.8. The summed E-state index contributed by atoms with van der Waals surface area (Å²) >= 11 is 0. The molecule has 0 radical (unpaired) electrons. The van der Waals surface area contributed by atoms with Gasteiger partial charge in [0, 0.05) is 30.4 Å². The highest BCUT2D eigenvalue weighted by Crippen LogP contribution is 2.25.